The van der Waals surface area contributed by atoms with Crippen molar-refractivity contribution in [3.05, 3.63) is 11.6 Å². The highest BCUT2D eigenvalue weighted by Gasteiger charge is 2.15. The molecule has 0 aromatic rings. The van der Waals surface area contributed by atoms with Crippen molar-refractivity contribution in [2.45, 2.75) is 45.4 Å². The van der Waals surface area contributed by atoms with Gasteiger partial charge < -0.3 is 14.6 Å². The van der Waals surface area contributed by atoms with Gasteiger partial charge in [0.1, 0.15) is 0 Å². The van der Waals surface area contributed by atoms with E-state index in [-0.39, 0.29) is 5.57 Å². The first-order chi connectivity index (χ1) is 11.1. The highest BCUT2D eigenvalue weighted by molar-refractivity contribution is 5.95. The molecule has 0 aromatic carbocycles. The molecule has 1 saturated heterocycles. The predicted molar refractivity (Wildman–Crippen MR) is 87.3 cm³/mol. The molecule has 1 aliphatic heterocycles. The van der Waals surface area contributed by atoms with Crippen molar-refractivity contribution in [3.8, 4) is 0 Å². The molecule has 0 aliphatic carbocycles. The van der Waals surface area contributed by atoms with Crippen LogP contribution < -0.4 is 0 Å². The molecule has 1 rings (SSSR count). The fourth-order valence-electron chi connectivity index (χ4n) is 2.49. The van der Waals surface area contributed by atoms with Gasteiger partial charge in [-0.3, -0.25) is 4.90 Å². The molecule has 6 heteroatoms. The third-order valence-electron chi connectivity index (χ3n) is 3.82. The Labute approximate surface area is 138 Å². The summed E-state index contributed by atoms with van der Waals surface area (Å²) >= 11 is 0. The average Bonchev–Trinajstić information content (AvgIpc) is 2.54. The lowest BCUT2D eigenvalue weighted by molar-refractivity contribution is -0.140. The van der Waals surface area contributed by atoms with E-state index in [2.05, 4.69) is 11.8 Å². The van der Waals surface area contributed by atoms with Crippen LogP contribution in [0.4, 0.5) is 0 Å². The fourth-order valence-corrected chi connectivity index (χ4v) is 2.49. The van der Waals surface area contributed by atoms with Gasteiger partial charge in [-0.1, -0.05) is 26.2 Å². The Morgan fingerprint density at radius 3 is 2.57 bits per heavy atom. The second kappa shape index (κ2) is 12.1. The molecule has 6 nitrogen and oxygen atoms in total. The zero-order chi connectivity index (χ0) is 16.9. The summed E-state index contributed by atoms with van der Waals surface area (Å²) in [6, 6.07) is 0. The molecular formula is C17H29NO5. The Morgan fingerprint density at radius 2 is 1.91 bits per heavy atom. The van der Waals surface area contributed by atoms with Crippen molar-refractivity contribution in [2.75, 3.05) is 39.5 Å². The Hall–Kier alpha value is -1.40. The molecule has 23 heavy (non-hydrogen) atoms. The maximum absolute atomic E-state index is 12.0. The average molecular weight is 327 g/mol. The molecule has 0 radical (unpaired) electrons. The van der Waals surface area contributed by atoms with Crippen molar-refractivity contribution in [1.82, 2.24) is 4.90 Å². The lowest BCUT2D eigenvalue weighted by Gasteiger charge is -2.26. The zero-order valence-electron chi connectivity index (χ0n) is 14.1. The van der Waals surface area contributed by atoms with Crippen LogP contribution in [0.25, 0.3) is 0 Å². The van der Waals surface area contributed by atoms with Crippen LogP contribution in [0, 0.1) is 0 Å². The van der Waals surface area contributed by atoms with Crippen LogP contribution in [0.3, 0.4) is 0 Å². The topological polar surface area (TPSA) is 76.1 Å². The summed E-state index contributed by atoms with van der Waals surface area (Å²) in [5.74, 6) is -1.60. The number of carbonyl (C=O) groups excluding carboxylic acids is 1. The maximum atomic E-state index is 12.0. The maximum Gasteiger partial charge on any atom is 0.334 e. The molecule has 1 N–H and O–H groups in total. The standard InChI is InChI=1S/C17H29NO5/c1-2-3-4-5-11-23-17(21)15(14-16(19)20)7-6-8-18-9-12-22-13-10-18/h14H,2-13H2,1H3,(H,19,20)/b15-14+. The first-order valence-electron chi connectivity index (χ1n) is 8.54. The first kappa shape index (κ1) is 19.6. The highest BCUT2D eigenvalue weighted by atomic mass is 16.5. The van der Waals surface area contributed by atoms with Gasteiger partial charge in [0.05, 0.1) is 19.8 Å². The zero-order valence-corrected chi connectivity index (χ0v) is 14.1. The van der Waals surface area contributed by atoms with Crippen LogP contribution in [0.15, 0.2) is 11.6 Å². The number of hydrogen-bond donors (Lipinski definition) is 1. The minimum atomic E-state index is -1.10. The minimum Gasteiger partial charge on any atom is -0.478 e. The van der Waals surface area contributed by atoms with Gasteiger partial charge in [-0.25, -0.2) is 9.59 Å². The van der Waals surface area contributed by atoms with Crippen LogP contribution in [-0.2, 0) is 19.1 Å². The third kappa shape index (κ3) is 9.36. The quantitative estimate of drug-likeness (QED) is 0.356. The fraction of sp³-hybridized carbons (Fsp3) is 0.765. The minimum absolute atomic E-state index is 0.251. The number of ether oxygens (including phenoxy) is 2. The van der Waals surface area contributed by atoms with Gasteiger partial charge >= 0.3 is 11.9 Å². The number of nitrogens with zero attached hydrogens (tertiary/aromatic N) is 1. The van der Waals surface area contributed by atoms with Crippen LogP contribution in [0.5, 0.6) is 0 Å². The number of morpholine rings is 1. The number of rotatable bonds is 11. The molecule has 0 unspecified atom stereocenters. The molecule has 1 aliphatic rings. The second-order valence-corrected chi connectivity index (χ2v) is 5.76. The van der Waals surface area contributed by atoms with Crippen molar-refractivity contribution in [2.24, 2.45) is 0 Å². The van der Waals surface area contributed by atoms with Crippen molar-refractivity contribution in [1.29, 1.82) is 0 Å². The molecular weight excluding hydrogens is 298 g/mol. The van der Waals surface area contributed by atoms with Crippen molar-refractivity contribution < 1.29 is 24.2 Å². The van der Waals surface area contributed by atoms with Gasteiger partial charge in [0.25, 0.3) is 0 Å². The summed E-state index contributed by atoms with van der Waals surface area (Å²) in [6.45, 7) is 6.56. The highest BCUT2D eigenvalue weighted by Crippen LogP contribution is 2.10. The number of carbonyl (C=O) groups is 2. The molecule has 0 amide bonds. The molecule has 132 valence electrons. The predicted octanol–water partition coefficient (Wildman–Crippen LogP) is 2.23. The van der Waals surface area contributed by atoms with Crippen LogP contribution in [0.1, 0.15) is 45.4 Å². The van der Waals surface area contributed by atoms with Gasteiger partial charge in [-0.05, 0) is 25.8 Å². The number of aliphatic carboxylic acids is 1. The number of carboxylic acid groups (broad SMARTS) is 1. The Bertz CT molecular complexity index is 388. The van der Waals surface area contributed by atoms with E-state index >= 15 is 0 Å². The molecule has 0 spiro atoms. The Morgan fingerprint density at radius 1 is 1.17 bits per heavy atom. The van der Waals surface area contributed by atoms with E-state index in [1.54, 1.807) is 0 Å². The number of hydrogen-bond acceptors (Lipinski definition) is 5. The summed E-state index contributed by atoms with van der Waals surface area (Å²) in [4.78, 5) is 25.2. The van der Waals surface area contributed by atoms with E-state index in [0.29, 0.717) is 13.0 Å². The summed E-state index contributed by atoms with van der Waals surface area (Å²) in [5.41, 5.74) is 0.251. The summed E-state index contributed by atoms with van der Waals surface area (Å²) in [6.07, 6.45) is 6.25. The Balaban J connectivity index is 2.33. The third-order valence-corrected chi connectivity index (χ3v) is 3.82. The smallest absolute Gasteiger partial charge is 0.334 e. The van der Waals surface area contributed by atoms with Crippen LogP contribution >= 0.6 is 0 Å². The summed E-state index contributed by atoms with van der Waals surface area (Å²) < 4.78 is 10.5. The number of unbranched alkanes of at least 4 members (excludes halogenated alkanes) is 3. The molecule has 0 aromatic heterocycles. The molecule has 1 heterocycles. The molecule has 1 fully saturated rings. The normalized spacial score (nSPS) is 16.3. The van der Waals surface area contributed by atoms with Gasteiger partial charge in [0.15, 0.2) is 0 Å². The summed E-state index contributed by atoms with van der Waals surface area (Å²) in [5, 5.41) is 8.91. The first-order valence-corrected chi connectivity index (χ1v) is 8.54. The lowest BCUT2D eigenvalue weighted by atomic mass is 10.1. The van der Waals surface area contributed by atoms with Gasteiger partial charge in [0, 0.05) is 24.7 Å². The van der Waals surface area contributed by atoms with Crippen molar-refractivity contribution in [3.63, 3.8) is 0 Å². The van der Waals surface area contributed by atoms with E-state index in [1.807, 2.05) is 0 Å². The lowest BCUT2D eigenvalue weighted by Crippen LogP contribution is -2.36. The number of carboxylic acids is 1. The largest absolute Gasteiger partial charge is 0.478 e. The molecule has 0 bridgehead atoms. The van der Waals surface area contributed by atoms with E-state index in [4.69, 9.17) is 14.6 Å². The van der Waals surface area contributed by atoms with Crippen molar-refractivity contribution >= 4 is 11.9 Å². The summed E-state index contributed by atoms with van der Waals surface area (Å²) in [7, 11) is 0. The van der Waals surface area contributed by atoms with E-state index < -0.39 is 11.9 Å². The molecule has 0 saturated carbocycles. The second-order valence-electron chi connectivity index (χ2n) is 5.76. The molecule has 0 atom stereocenters. The van der Waals surface area contributed by atoms with E-state index in [0.717, 1.165) is 71.0 Å². The van der Waals surface area contributed by atoms with Gasteiger partial charge in [0.2, 0.25) is 0 Å². The SMILES string of the molecule is CCCCCCOC(=O)/C(=C/C(=O)O)CCCN1CCOCC1. The monoisotopic (exact) mass is 327 g/mol. The van der Waals surface area contributed by atoms with Gasteiger partial charge in [-0.15, -0.1) is 0 Å². The number of esters is 1. The van der Waals surface area contributed by atoms with Gasteiger partial charge in [-0.2, -0.15) is 0 Å². The van der Waals surface area contributed by atoms with Crippen LogP contribution in [0.2, 0.25) is 0 Å². The van der Waals surface area contributed by atoms with E-state index in [1.165, 1.54) is 0 Å². The Kier molecular flexibility index (Phi) is 10.3. The van der Waals surface area contributed by atoms with Crippen LogP contribution in [-0.4, -0.2) is 61.4 Å². The van der Waals surface area contributed by atoms with E-state index in [9.17, 15) is 9.59 Å².